The highest BCUT2D eigenvalue weighted by Gasteiger charge is 2.18. The number of carbonyl (C=O) groups excluding carboxylic acids is 1. The Morgan fingerprint density at radius 2 is 1.92 bits per heavy atom. The summed E-state index contributed by atoms with van der Waals surface area (Å²) in [5.74, 6) is 0.561. The van der Waals surface area contributed by atoms with Crippen molar-refractivity contribution in [2.45, 2.75) is 26.0 Å². The average molecular weight is 372 g/mol. The number of nitrogens with one attached hydrogen (secondary N) is 1. The topological polar surface area (TPSA) is 82.1 Å². The van der Waals surface area contributed by atoms with Crippen LogP contribution in [0.25, 0.3) is 5.69 Å². The van der Waals surface area contributed by atoms with Crippen LogP contribution in [0.5, 0.6) is 0 Å². The number of para-hydroxylation sites is 1. The Balaban J connectivity index is 1.77. The molecule has 26 heavy (non-hydrogen) atoms. The number of nitrogens with zero attached hydrogens (tertiary/aromatic N) is 3. The van der Waals surface area contributed by atoms with E-state index in [4.69, 9.17) is 4.42 Å². The molecule has 0 unspecified atom stereocenters. The molecule has 0 aliphatic carbocycles. The fraction of sp³-hybridized carbons (Fsp3) is 0.278. The third kappa shape index (κ3) is 3.45. The number of thioether (sulfide) groups is 1. The first kappa shape index (κ1) is 18.1. The second-order valence-corrected chi connectivity index (χ2v) is 6.82. The molecule has 0 fully saturated rings. The van der Waals surface area contributed by atoms with E-state index in [2.05, 4.69) is 10.3 Å². The highest BCUT2D eigenvalue weighted by molar-refractivity contribution is 7.99. The zero-order chi connectivity index (χ0) is 18.8. The lowest BCUT2D eigenvalue weighted by atomic mass is 10.3. The van der Waals surface area contributed by atoms with Crippen LogP contribution in [-0.4, -0.2) is 26.0 Å². The van der Waals surface area contributed by atoms with Crippen molar-refractivity contribution >= 4 is 23.4 Å². The average Bonchev–Trinajstić information content (AvgIpc) is 3.05. The molecule has 7 nitrogen and oxygen atoms in total. The van der Waals surface area contributed by atoms with Gasteiger partial charge in [-0.2, -0.15) is 0 Å². The van der Waals surface area contributed by atoms with Crippen LogP contribution >= 0.6 is 11.8 Å². The Labute approximate surface area is 155 Å². The summed E-state index contributed by atoms with van der Waals surface area (Å²) < 4.78 is 8.70. The van der Waals surface area contributed by atoms with Crippen LogP contribution in [0.3, 0.4) is 0 Å². The lowest BCUT2D eigenvalue weighted by Crippen LogP contribution is -2.23. The number of anilines is 1. The zero-order valence-corrected chi connectivity index (χ0v) is 15.9. The summed E-state index contributed by atoms with van der Waals surface area (Å²) in [6, 6.07) is 9.29. The molecular formula is C18H20N4O3S. The summed E-state index contributed by atoms with van der Waals surface area (Å²) in [6.07, 6.45) is 0. The molecule has 1 amide bonds. The van der Waals surface area contributed by atoms with Crippen molar-refractivity contribution in [3.8, 4) is 5.69 Å². The molecule has 3 aromatic rings. The molecule has 3 rings (SSSR count). The van der Waals surface area contributed by atoms with Crippen LogP contribution in [0, 0.1) is 20.8 Å². The first-order valence-corrected chi connectivity index (χ1v) is 9.07. The maximum atomic E-state index is 12.8. The fourth-order valence-corrected chi connectivity index (χ4v) is 3.23. The van der Waals surface area contributed by atoms with Gasteiger partial charge in [-0.1, -0.05) is 30.0 Å². The van der Waals surface area contributed by atoms with Gasteiger partial charge in [0, 0.05) is 7.05 Å². The number of carbonyl (C=O) groups is 1. The molecule has 1 N–H and O–H groups in total. The van der Waals surface area contributed by atoms with Crippen molar-refractivity contribution in [1.82, 2.24) is 14.3 Å². The van der Waals surface area contributed by atoms with Gasteiger partial charge in [-0.3, -0.25) is 14.3 Å². The van der Waals surface area contributed by atoms with Gasteiger partial charge in [0.1, 0.15) is 11.4 Å². The summed E-state index contributed by atoms with van der Waals surface area (Å²) in [5.41, 5.74) is 2.24. The molecule has 0 bridgehead atoms. The van der Waals surface area contributed by atoms with E-state index in [0.29, 0.717) is 10.9 Å². The molecule has 8 heteroatoms. The van der Waals surface area contributed by atoms with Crippen molar-refractivity contribution in [2.24, 2.45) is 7.05 Å². The Morgan fingerprint density at radius 1 is 1.23 bits per heavy atom. The third-order valence-corrected chi connectivity index (χ3v) is 4.98. The maximum absolute atomic E-state index is 12.8. The first-order chi connectivity index (χ1) is 12.4. The predicted octanol–water partition coefficient (Wildman–Crippen LogP) is 2.82. The molecule has 0 aliphatic rings. The second-order valence-electron chi connectivity index (χ2n) is 5.89. The lowest BCUT2D eigenvalue weighted by Gasteiger charge is -2.07. The number of oxazole rings is 1. The molecule has 2 aromatic heterocycles. The highest BCUT2D eigenvalue weighted by Crippen LogP contribution is 2.20. The monoisotopic (exact) mass is 372 g/mol. The quantitative estimate of drug-likeness (QED) is 0.697. The van der Waals surface area contributed by atoms with E-state index < -0.39 is 0 Å². The molecular weight excluding hydrogens is 352 g/mol. The smallest absolute Gasteiger partial charge is 0.295 e. The molecule has 0 radical (unpaired) electrons. The Hall–Kier alpha value is -2.74. The van der Waals surface area contributed by atoms with Crippen molar-refractivity contribution in [1.29, 1.82) is 0 Å². The Kier molecular flexibility index (Phi) is 5.03. The van der Waals surface area contributed by atoms with E-state index in [1.807, 2.05) is 44.2 Å². The highest BCUT2D eigenvalue weighted by atomic mass is 32.2. The second kappa shape index (κ2) is 7.25. The third-order valence-electron chi connectivity index (χ3n) is 4.15. The summed E-state index contributed by atoms with van der Waals surface area (Å²) in [5, 5.41) is 3.16. The number of amides is 1. The van der Waals surface area contributed by atoms with Gasteiger partial charge in [-0.05, 0) is 32.9 Å². The number of hydrogen-bond donors (Lipinski definition) is 1. The van der Waals surface area contributed by atoms with Gasteiger partial charge >= 0.3 is 0 Å². The van der Waals surface area contributed by atoms with E-state index in [1.54, 1.807) is 18.7 Å². The minimum Gasteiger partial charge on any atom is -0.437 e. The molecule has 0 atom stereocenters. The number of aromatic nitrogens is 3. The maximum Gasteiger partial charge on any atom is 0.295 e. The Bertz CT molecular complexity index is 982. The van der Waals surface area contributed by atoms with Crippen molar-refractivity contribution in [2.75, 3.05) is 11.1 Å². The molecule has 0 saturated carbocycles. The summed E-state index contributed by atoms with van der Waals surface area (Å²) in [6.45, 7) is 5.47. The van der Waals surface area contributed by atoms with Gasteiger partial charge < -0.3 is 9.73 Å². The van der Waals surface area contributed by atoms with E-state index in [9.17, 15) is 9.59 Å². The van der Waals surface area contributed by atoms with Crippen molar-refractivity contribution in [3.05, 3.63) is 57.8 Å². The lowest BCUT2D eigenvalue weighted by molar-refractivity contribution is -0.113. The number of rotatable bonds is 5. The summed E-state index contributed by atoms with van der Waals surface area (Å²) in [7, 11) is 1.78. The molecule has 1 aromatic carbocycles. The normalized spacial score (nSPS) is 10.9. The van der Waals surface area contributed by atoms with Gasteiger partial charge in [0.25, 0.3) is 10.8 Å². The van der Waals surface area contributed by atoms with Crippen LogP contribution in [0.2, 0.25) is 0 Å². The van der Waals surface area contributed by atoms with Gasteiger partial charge in [0.05, 0.1) is 22.8 Å². The Morgan fingerprint density at radius 3 is 2.54 bits per heavy atom. The molecule has 0 saturated heterocycles. The van der Waals surface area contributed by atoms with Crippen molar-refractivity contribution in [3.63, 3.8) is 0 Å². The van der Waals surface area contributed by atoms with Gasteiger partial charge in [-0.15, -0.1) is 0 Å². The first-order valence-electron chi connectivity index (χ1n) is 8.09. The van der Waals surface area contributed by atoms with E-state index in [-0.39, 0.29) is 22.9 Å². The summed E-state index contributed by atoms with van der Waals surface area (Å²) in [4.78, 5) is 29.3. The van der Waals surface area contributed by atoms with Gasteiger partial charge in [0.15, 0.2) is 0 Å². The molecule has 136 valence electrons. The standard InChI is InChI=1S/C18H20N4O3S/c1-11-13(3)25-18(19-11)26-10-15(23)20-16-12(2)21(4)22(17(16)24)14-8-6-5-7-9-14/h5-9H,10H2,1-4H3,(H,20,23). The molecule has 2 heterocycles. The largest absolute Gasteiger partial charge is 0.437 e. The SMILES string of the molecule is Cc1nc(SCC(=O)Nc2c(C)n(C)n(-c3ccccc3)c2=O)oc1C. The van der Waals surface area contributed by atoms with Crippen LogP contribution in [0.15, 0.2) is 44.8 Å². The number of hydrogen-bond acceptors (Lipinski definition) is 5. The minimum atomic E-state index is -0.283. The number of benzene rings is 1. The number of aryl methyl sites for hydroxylation is 2. The molecule has 0 spiro atoms. The fourth-order valence-electron chi connectivity index (χ4n) is 2.52. The minimum absolute atomic E-state index is 0.110. The van der Waals surface area contributed by atoms with E-state index in [0.717, 1.165) is 17.1 Å². The zero-order valence-electron chi connectivity index (χ0n) is 15.1. The van der Waals surface area contributed by atoms with E-state index in [1.165, 1.54) is 16.4 Å². The predicted molar refractivity (Wildman–Crippen MR) is 101 cm³/mol. The molecule has 0 aliphatic heterocycles. The van der Waals surface area contributed by atoms with Crippen molar-refractivity contribution < 1.29 is 9.21 Å². The van der Waals surface area contributed by atoms with E-state index >= 15 is 0 Å². The summed E-state index contributed by atoms with van der Waals surface area (Å²) >= 11 is 1.20. The van der Waals surface area contributed by atoms with Gasteiger partial charge in [0.2, 0.25) is 5.91 Å². The van der Waals surface area contributed by atoms with Crippen LogP contribution in [0.1, 0.15) is 17.1 Å². The van der Waals surface area contributed by atoms with Crippen LogP contribution in [0.4, 0.5) is 5.69 Å². The van der Waals surface area contributed by atoms with Gasteiger partial charge in [-0.25, -0.2) is 9.67 Å². The van der Waals surface area contributed by atoms with Crippen LogP contribution < -0.4 is 10.9 Å². The van der Waals surface area contributed by atoms with Crippen LogP contribution in [-0.2, 0) is 11.8 Å².